The SMILES string of the molecule is COC(C)(C)CC(C)NOCC(C)C. The number of hydrogen-bond donors (Lipinski definition) is 1. The smallest absolute Gasteiger partial charge is 0.0705 e. The molecule has 0 aliphatic carbocycles. The maximum Gasteiger partial charge on any atom is 0.0705 e. The minimum Gasteiger partial charge on any atom is -0.379 e. The molecule has 0 aliphatic heterocycles. The molecule has 1 unspecified atom stereocenters. The van der Waals surface area contributed by atoms with E-state index in [-0.39, 0.29) is 5.60 Å². The van der Waals surface area contributed by atoms with Crippen LogP contribution in [0.15, 0.2) is 0 Å². The van der Waals surface area contributed by atoms with Crippen molar-refractivity contribution in [3.8, 4) is 0 Å². The lowest BCUT2D eigenvalue weighted by Gasteiger charge is -2.26. The van der Waals surface area contributed by atoms with Crippen LogP contribution in [0.1, 0.15) is 41.0 Å². The van der Waals surface area contributed by atoms with Crippen LogP contribution in [0.2, 0.25) is 0 Å². The summed E-state index contributed by atoms with van der Waals surface area (Å²) >= 11 is 0. The summed E-state index contributed by atoms with van der Waals surface area (Å²) in [5, 5.41) is 0. The summed E-state index contributed by atoms with van der Waals surface area (Å²) in [5.41, 5.74) is 2.93. The lowest BCUT2D eigenvalue weighted by molar-refractivity contribution is -0.0352. The van der Waals surface area contributed by atoms with Gasteiger partial charge in [-0.15, -0.1) is 0 Å². The highest BCUT2D eigenvalue weighted by molar-refractivity contribution is 4.73. The summed E-state index contributed by atoms with van der Waals surface area (Å²) in [5.74, 6) is 0.560. The van der Waals surface area contributed by atoms with E-state index < -0.39 is 0 Å². The number of hydrogen-bond acceptors (Lipinski definition) is 3. The predicted octanol–water partition coefficient (Wildman–Crippen LogP) is 2.37. The normalized spacial score (nSPS) is 14.8. The van der Waals surface area contributed by atoms with Gasteiger partial charge in [-0.2, -0.15) is 5.48 Å². The third-order valence-corrected chi connectivity index (χ3v) is 2.05. The molecule has 3 heteroatoms. The molecule has 86 valence electrons. The first-order valence-electron chi connectivity index (χ1n) is 5.30. The van der Waals surface area contributed by atoms with Crippen molar-refractivity contribution < 1.29 is 9.57 Å². The van der Waals surface area contributed by atoms with Crippen molar-refractivity contribution in [2.75, 3.05) is 13.7 Å². The number of ether oxygens (including phenoxy) is 1. The summed E-state index contributed by atoms with van der Waals surface area (Å²) in [6.45, 7) is 11.3. The average Bonchev–Trinajstić information content (AvgIpc) is 2.02. The molecule has 0 saturated carbocycles. The summed E-state index contributed by atoms with van der Waals surface area (Å²) < 4.78 is 5.34. The third kappa shape index (κ3) is 7.30. The Kier molecular flexibility index (Phi) is 6.33. The Morgan fingerprint density at radius 1 is 1.21 bits per heavy atom. The summed E-state index contributed by atoms with van der Waals surface area (Å²) in [7, 11) is 1.74. The largest absolute Gasteiger partial charge is 0.379 e. The van der Waals surface area contributed by atoms with Gasteiger partial charge < -0.3 is 9.57 Å². The molecule has 0 heterocycles. The number of methoxy groups -OCH3 is 1. The quantitative estimate of drug-likeness (QED) is 0.644. The third-order valence-electron chi connectivity index (χ3n) is 2.05. The molecule has 0 saturated heterocycles. The molecule has 0 amide bonds. The Hall–Kier alpha value is -0.120. The standard InChI is InChI=1S/C11H25NO2/c1-9(2)8-14-12-10(3)7-11(4,5)13-6/h9-10,12H,7-8H2,1-6H3. The van der Waals surface area contributed by atoms with Crippen molar-refractivity contribution in [2.45, 2.75) is 52.7 Å². The van der Waals surface area contributed by atoms with E-state index in [0.717, 1.165) is 13.0 Å². The van der Waals surface area contributed by atoms with Crippen molar-refractivity contribution in [3.63, 3.8) is 0 Å². The lowest BCUT2D eigenvalue weighted by atomic mass is 10.0. The van der Waals surface area contributed by atoms with Gasteiger partial charge in [0.25, 0.3) is 0 Å². The highest BCUT2D eigenvalue weighted by atomic mass is 16.6. The van der Waals surface area contributed by atoms with Crippen molar-refractivity contribution in [1.29, 1.82) is 0 Å². The Bertz CT molecular complexity index is 146. The molecule has 1 atom stereocenters. The van der Waals surface area contributed by atoms with Crippen LogP contribution in [-0.2, 0) is 9.57 Å². The zero-order valence-electron chi connectivity index (χ0n) is 10.4. The zero-order valence-corrected chi connectivity index (χ0v) is 10.4. The van der Waals surface area contributed by atoms with Crippen LogP contribution in [0.5, 0.6) is 0 Å². The molecule has 0 aromatic rings. The van der Waals surface area contributed by atoms with Gasteiger partial charge in [-0.25, -0.2) is 0 Å². The Morgan fingerprint density at radius 2 is 1.79 bits per heavy atom. The van der Waals surface area contributed by atoms with Crippen molar-refractivity contribution in [1.82, 2.24) is 5.48 Å². The Balaban J connectivity index is 3.60. The molecule has 3 nitrogen and oxygen atoms in total. The molecule has 0 aromatic heterocycles. The van der Waals surface area contributed by atoms with E-state index in [0.29, 0.717) is 12.0 Å². The molecule has 0 spiro atoms. The highest BCUT2D eigenvalue weighted by Gasteiger charge is 2.19. The Labute approximate surface area is 88.1 Å². The number of hydroxylamine groups is 1. The van der Waals surface area contributed by atoms with Gasteiger partial charge in [0.15, 0.2) is 0 Å². The fourth-order valence-corrected chi connectivity index (χ4v) is 1.22. The highest BCUT2D eigenvalue weighted by Crippen LogP contribution is 2.15. The lowest BCUT2D eigenvalue weighted by Crippen LogP contribution is -2.36. The summed E-state index contributed by atoms with van der Waals surface area (Å²) in [6, 6.07) is 0.309. The van der Waals surface area contributed by atoms with Crippen LogP contribution >= 0.6 is 0 Å². The minimum absolute atomic E-state index is 0.0897. The van der Waals surface area contributed by atoms with Crippen molar-refractivity contribution in [2.24, 2.45) is 5.92 Å². The van der Waals surface area contributed by atoms with Crippen LogP contribution in [0.3, 0.4) is 0 Å². The topological polar surface area (TPSA) is 30.5 Å². The fraction of sp³-hybridized carbons (Fsp3) is 1.00. The van der Waals surface area contributed by atoms with E-state index in [2.05, 4.69) is 40.1 Å². The molecule has 0 radical (unpaired) electrons. The molecule has 0 fully saturated rings. The van der Waals surface area contributed by atoms with Crippen molar-refractivity contribution >= 4 is 0 Å². The maximum absolute atomic E-state index is 5.34. The van der Waals surface area contributed by atoms with E-state index in [1.165, 1.54) is 0 Å². The van der Waals surface area contributed by atoms with E-state index in [9.17, 15) is 0 Å². The van der Waals surface area contributed by atoms with Gasteiger partial charge in [-0.05, 0) is 33.1 Å². The van der Waals surface area contributed by atoms with E-state index >= 15 is 0 Å². The van der Waals surface area contributed by atoms with E-state index in [1.54, 1.807) is 7.11 Å². The molecule has 0 aromatic carbocycles. The van der Waals surface area contributed by atoms with Gasteiger partial charge in [0.2, 0.25) is 0 Å². The van der Waals surface area contributed by atoms with Gasteiger partial charge >= 0.3 is 0 Å². The van der Waals surface area contributed by atoms with Crippen LogP contribution in [0.4, 0.5) is 0 Å². The second kappa shape index (κ2) is 6.38. The monoisotopic (exact) mass is 203 g/mol. The summed E-state index contributed by atoms with van der Waals surface area (Å²) in [6.07, 6.45) is 0.932. The predicted molar refractivity (Wildman–Crippen MR) is 59.1 cm³/mol. The molecule has 0 aliphatic rings. The van der Waals surface area contributed by atoms with Crippen molar-refractivity contribution in [3.05, 3.63) is 0 Å². The number of rotatable bonds is 7. The first-order chi connectivity index (χ1) is 6.37. The second-order valence-corrected chi connectivity index (χ2v) is 4.89. The van der Waals surface area contributed by atoms with Gasteiger partial charge in [0.05, 0.1) is 12.2 Å². The van der Waals surface area contributed by atoms with Crippen LogP contribution in [-0.4, -0.2) is 25.4 Å². The zero-order chi connectivity index (χ0) is 11.2. The van der Waals surface area contributed by atoms with E-state index in [1.807, 2.05) is 0 Å². The molecule has 1 N–H and O–H groups in total. The molecule has 0 bridgehead atoms. The van der Waals surface area contributed by atoms with E-state index in [4.69, 9.17) is 9.57 Å². The molecule has 14 heavy (non-hydrogen) atoms. The van der Waals surface area contributed by atoms with Gasteiger partial charge in [0, 0.05) is 13.2 Å². The van der Waals surface area contributed by atoms with Crippen LogP contribution in [0.25, 0.3) is 0 Å². The number of nitrogens with one attached hydrogen (secondary N) is 1. The first-order valence-corrected chi connectivity index (χ1v) is 5.30. The minimum atomic E-state index is -0.0897. The van der Waals surface area contributed by atoms with Gasteiger partial charge in [-0.3, -0.25) is 0 Å². The fourth-order valence-electron chi connectivity index (χ4n) is 1.22. The van der Waals surface area contributed by atoms with Gasteiger partial charge in [-0.1, -0.05) is 13.8 Å². The van der Waals surface area contributed by atoms with Gasteiger partial charge in [0.1, 0.15) is 0 Å². The molecular formula is C11H25NO2. The first kappa shape index (κ1) is 13.9. The van der Waals surface area contributed by atoms with Crippen LogP contribution in [0, 0.1) is 5.92 Å². The van der Waals surface area contributed by atoms with Crippen LogP contribution < -0.4 is 5.48 Å². The molecular weight excluding hydrogens is 178 g/mol. The maximum atomic E-state index is 5.34. The molecule has 0 rings (SSSR count). The average molecular weight is 203 g/mol. The summed E-state index contributed by atoms with van der Waals surface area (Å²) in [4.78, 5) is 5.34. The second-order valence-electron chi connectivity index (χ2n) is 4.89. The Morgan fingerprint density at radius 3 is 2.21 bits per heavy atom.